The number of rotatable bonds is 6. The molecular weight excluding hydrogens is 335 g/mol. The average molecular weight is 351 g/mol. The zero-order valence-corrected chi connectivity index (χ0v) is 13.3. The second kappa shape index (κ2) is 8.23. The predicted molar refractivity (Wildman–Crippen MR) is 88.6 cm³/mol. The van der Waals surface area contributed by atoms with Gasteiger partial charge in [-0.05, 0) is 48.0 Å². The van der Waals surface area contributed by atoms with E-state index in [1.165, 1.54) is 30.3 Å². The van der Waals surface area contributed by atoms with Crippen molar-refractivity contribution < 1.29 is 27.4 Å². The number of nitrogens with one attached hydrogen (secondary N) is 1. The average Bonchev–Trinajstić information content (AvgIpc) is 2.59. The van der Waals surface area contributed by atoms with Gasteiger partial charge in [-0.3, -0.25) is 4.79 Å². The molecule has 0 atom stereocenters. The van der Waals surface area contributed by atoms with Gasteiger partial charge in [0.2, 0.25) is 5.91 Å². The third-order valence-corrected chi connectivity index (χ3v) is 3.05. The van der Waals surface area contributed by atoms with Gasteiger partial charge in [0, 0.05) is 11.8 Å². The van der Waals surface area contributed by atoms with Crippen LogP contribution in [0.15, 0.2) is 54.6 Å². The SMILES string of the molecule is COc1cccc(/C=C/C(=O)Nc2ccc(OCC(F)(F)F)cc2)c1. The van der Waals surface area contributed by atoms with Crippen LogP contribution in [0.4, 0.5) is 18.9 Å². The van der Waals surface area contributed by atoms with Crippen LogP contribution >= 0.6 is 0 Å². The van der Waals surface area contributed by atoms with Crippen molar-refractivity contribution in [1.82, 2.24) is 0 Å². The minimum atomic E-state index is -4.39. The zero-order valence-electron chi connectivity index (χ0n) is 13.3. The standard InChI is InChI=1S/C18H16F3NO3/c1-24-16-4-2-3-13(11-16)5-10-17(23)22-14-6-8-15(9-7-14)25-12-18(19,20)21/h2-11H,12H2,1H3,(H,22,23)/b10-5+. The van der Waals surface area contributed by atoms with Crippen molar-refractivity contribution in [3.63, 3.8) is 0 Å². The molecule has 0 aromatic heterocycles. The molecule has 0 bridgehead atoms. The fraction of sp³-hybridized carbons (Fsp3) is 0.167. The van der Waals surface area contributed by atoms with Crippen LogP contribution in [0.1, 0.15) is 5.56 Å². The van der Waals surface area contributed by atoms with Gasteiger partial charge < -0.3 is 14.8 Å². The Balaban J connectivity index is 1.90. The maximum absolute atomic E-state index is 12.1. The molecular formula is C18H16F3NO3. The van der Waals surface area contributed by atoms with E-state index in [0.717, 1.165) is 5.56 Å². The Labute approximate surface area is 142 Å². The number of amides is 1. The molecule has 0 aliphatic carbocycles. The molecule has 1 amide bonds. The number of hydrogen-bond acceptors (Lipinski definition) is 3. The maximum Gasteiger partial charge on any atom is 0.422 e. The molecule has 2 rings (SSSR count). The summed E-state index contributed by atoms with van der Waals surface area (Å²) in [7, 11) is 1.55. The number of carbonyl (C=O) groups is 1. The van der Waals surface area contributed by atoms with Crippen molar-refractivity contribution in [1.29, 1.82) is 0 Å². The van der Waals surface area contributed by atoms with Crippen LogP contribution in [0, 0.1) is 0 Å². The second-order valence-corrected chi connectivity index (χ2v) is 5.03. The molecule has 0 heterocycles. The molecule has 0 aliphatic rings. The topological polar surface area (TPSA) is 47.6 Å². The van der Waals surface area contributed by atoms with Crippen LogP contribution in [0.5, 0.6) is 11.5 Å². The lowest BCUT2D eigenvalue weighted by Gasteiger charge is -2.09. The van der Waals surface area contributed by atoms with Gasteiger partial charge >= 0.3 is 6.18 Å². The van der Waals surface area contributed by atoms with E-state index in [0.29, 0.717) is 11.4 Å². The number of anilines is 1. The maximum atomic E-state index is 12.1. The third kappa shape index (κ3) is 6.58. The third-order valence-electron chi connectivity index (χ3n) is 3.05. The lowest BCUT2D eigenvalue weighted by Crippen LogP contribution is -2.19. The molecule has 132 valence electrons. The number of halogens is 3. The fourth-order valence-electron chi connectivity index (χ4n) is 1.90. The van der Waals surface area contributed by atoms with Gasteiger partial charge in [-0.1, -0.05) is 12.1 Å². The van der Waals surface area contributed by atoms with Crippen molar-refractivity contribution in [2.24, 2.45) is 0 Å². The van der Waals surface area contributed by atoms with E-state index < -0.39 is 12.8 Å². The van der Waals surface area contributed by atoms with E-state index >= 15 is 0 Å². The van der Waals surface area contributed by atoms with Gasteiger partial charge in [0.15, 0.2) is 6.61 Å². The Bertz CT molecular complexity index is 740. The highest BCUT2D eigenvalue weighted by atomic mass is 19.4. The van der Waals surface area contributed by atoms with Gasteiger partial charge in [-0.25, -0.2) is 0 Å². The van der Waals surface area contributed by atoms with Crippen LogP contribution in [0.2, 0.25) is 0 Å². The molecule has 2 aromatic carbocycles. The molecule has 1 N–H and O–H groups in total. The molecule has 0 radical (unpaired) electrons. The molecule has 0 saturated carbocycles. The van der Waals surface area contributed by atoms with Crippen LogP contribution in [-0.2, 0) is 4.79 Å². The number of ether oxygens (including phenoxy) is 2. The summed E-state index contributed by atoms with van der Waals surface area (Å²) in [6.45, 7) is -1.36. The largest absolute Gasteiger partial charge is 0.497 e. The lowest BCUT2D eigenvalue weighted by molar-refractivity contribution is -0.153. The summed E-state index contributed by atoms with van der Waals surface area (Å²) in [5, 5.41) is 2.61. The first-order valence-electron chi connectivity index (χ1n) is 7.28. The minimum absolute atomic E-state index is 0.0715. The van der Waals surface area contributed by atoms with Gasteiger partial charge in [0.1, 0.15) is 11.5 Å². The van der Waals surface area contributed by atoms with E-state index in [2.05, 4.69) is 10.1 Å². The number of carbonyl (C=O) groups excluding carboxylic acids is 1. The normalized spacial score (nSPS) is 11.4. The summed E-state index contributed by atoms with van der Waals surface area (Å²) in [5.74, 6) is 0.381. The van der Waals surface area contributed by atoms with Crippen LogP contribution < -0.4 is 14.8 Å². The quantitative estimate of drug-likeness (QED) is 0.790. The van der Waals surface area contributed by atoms with Crippen molar-refractivity contribution in [2.45, 2.75) is 6.18 Å². The molecule has 0 unspecified atom stereocenters. The smallest absolute Gasteiger partial charge is 0.422 e. The monoisotopic (exact) mass is 351 g/mol. The van der Waals surface area contributed by atoms with Crippen LogP contribution in [0.25, 0.3) is 6.08 Å². The number of methoxy groups -OCH3 is 1. The Morgan fingerprint density at radius 1 is 1.12 bits per heavy atom. The van der Waals surface area contributed by atoms with E-state index in [1.807, 2.05) is 6.07 Å². The van der Waals surface area contributed by atoms with Gasteiger partial charge in [0.05, 0.1) is 7.11 Å². The molecule has 0 spiro atoms. The summed E-state index contributed by atoms with van der Waals surface area (Å²) in [5.41, 5.74) is 1.24. The first-order valence-corrected chi connectivity index (χ1v) is 7.28. The molecule has 0 fully saturated rings. The summed E-state index contributed by atoms with van der Waals surface area (Å²) in [6.07, 6.45) is -1.42. The van der Waals surface area contributed by atoms with Crippen molar-refractivity contribution in [3.8, 4) is 11.5 Å². The molecule has 0 saturated heterocycles. The summed E-state index contributed by atoms with van der Waals surface area (Å²) < 4.78 is 45.9. The number of alkyl halides is 3. The summed E-state index contributed by atoms with van der Waals surface area (Å²) >= 11 is 0. The minimum Gasteiger partial charge on any atom is -0.497 e. The highest BCUT2D eigenvalue weighted by molar-refractivity contribution is 6.01. The Morgan fingerprint density at radius 3 is 2.48 bits per heavy atom. The first kappa shape index (κ1) is 18.4. The van der Waals surface area contributed by atoms with Crippen LogP contribution in [-0.4, -0.2) is 25.8 Å². The van der Waals surface area contributed by atoms with Crippen molar-refractivity contribution in [2.75, 3.05) is 19.0 Å². The molecule has 25 heavy (non-hydrogen) atoms. The van der Waals surface area contributed by atoms with E-state index in [1.54, 1.807) is 31.4 Å². The number of hydrogen-bond donors (Lipinski definition) is 1. The Hall–Kier alpha value is -2.96. The van der Waals surface area contributed by atoms with Gasteiger partial charge in [0.25, 0.3) is 0 Å². The number of benzene rings is 2. The molecule has 2 aromatic rings. The van der Waals surface area contributed by atoms with Crippen molar-refractivity contribution >= 4 is 17.7 Å². The Morgan fingerprint density at radius 2 is 1.84 bits per heavy atom. The highest BCUT2D eigenvalue weighted by Gasteiger charge is 2.28. The predicted octanol–water partition coefficient (Wildman–Crippen LogP) is 4.29. The van der Waals surface area contributed by atoms with E-state index in [4.69, 9.17) is 4.74 Å². The van der Waals surface area contributed by atoms with E-state index in [-0.39, 0.29) is 11.7 Å². The molecule has 7 heteroatoms. The lowest BCUT2D eigenvalue weighted by atomic mass is 10.2. The fourth-order valence-corrected chi connectivity index (χ4v) is 1.90. The highest BCUT2D eigenvalue weighted by Crippen LogP contribution is 2.20. The zero-order chi connectivity index (χ0) is 18.3. The first-order chi connectivity index (χ1) is 11.9. The summed E-state index contributed by atoms with van der Waals surface area (Å²) in [6, 6.07) is 12.8. The van der Waals surface area contributed by atoms with Gasteiger partial charge in [-0.15, -0.1) is 0 Å². The van der Waals surface area contributed by atoms with Gasteiger partial charge in [-0.2, -0.15) is 13.2 Å². The second-order valence-electron chi connectivity index (χ2n) is 5.03. The van der Waals surface area contributed by atoms with Crippen molar-refractivity contribution in [3.05, 3.63) is 60.2 Å². The van der Waals surface area contributed by atoms with Crippen LogP contribution in [0.3, 0.4) is 0 Å². The Kier molecular flexibility index (Phi) is 6.05. The molecule has 0 aliphatic heterocycles. The molecule has 4 nitrogen and oxygen atoms in total. The van der Waals surface area contributed by atoms with E-state index in [9.17, 15) is 18.0 Å². The summed E-state index contributed by atoms with van der Waals surface area (Å²) in [4.78, 5) is 11.9.